The van der Waals surface area contributed by atoms with Crippen LogP contribution in [0.4, 0.5) is 0 Å². The number of methoxy groups -OCH3 is 3. The van der Waals surface area contributed by atoms with Gasteiger partial charge in [0.15, 0.2) is 11.5 Å². The fraction of sp³-hybridized carbons (Fsp3) is 0.625. The molecule has 1 fully saturated rings. The van der Waals surface area contributed by atoms with E-state index in [1.54, 1.807) is 21.3 Å². The number of hydrogen-bond donors (Lipinski definition) is 2. The molecule has 2 rings (SSSR count). The van der Waals surface area contributed by atoms with Crippen molar-refractivity contribution >= 4 is 0 Å². The third-order valence-electron chi connectivity index (χ3n) is 4.30. The van der Waals surface area contributed by atoms with Gasteiger partial charge in [0.2, 0.25) is 5.75 Å². The van der Waals surface area contributed by atoms with Gasteiger partial charge in [-0.1, -0.05) is 18.9 Å². The molecule has 0 aromatic heterocycles. The molecule has 21 heavy (non-hydrogen) atoms. The second-order valence-corrected chi connectivity index (χ2v) is 5.49. The Morgan fingerprint density at radius 1 is 1.05 bits per heavy atom. The SMILES string of the molecule is COc1ccc(CNC2(CO)CCCC2)c(OC)c1OC. The predicted molar refractivity (Wildman–Crippen MR) is 81.2 cm³/mol. The molecular formula is C16H25NO4. The average Bonchev–Trinajstić information content (AvgIpc) is 3.01. The summed E-state index contributed by atoms with van der Waals surface area (Å²) in [4.78, 5) is 0. The van der Waals surface area contributed by atoms with Crippen molar-refractivity contribution < 1.29 is 19.3 Å². The van der Waals surface area contributed by atoms with Crippen molar-refractivity contribution in [1.82, 2.24) is 5.32 Å². The van der Waals surface area contributed by atoms with Gasteiger partial charge < -0.3 is 24.6 Å². The lowest BCUT2D eigenvalue weighted by molar-refractivity contribution is 0.162. The molecule has 1 aliphatic rings. The predicted octanol–water partition coefficient (Wildman–Crippen LogP) is 2.11. The molecule has 1 saturated carbocycles. The van der Waals surface area contributed by atoms with Gasteiger partial charge >= 0.3 is 0 Å². The van der Waals surface area contributed by atoms with Gasteiger partial charge in [0.25, 0.3) is 0 Å². The maximum absolute atomic E-state index is 9.67. The summed E-state index contributed by atoms with van der Waals surface area (Å²) in [6.07, 6.45) is 4.35. The number of rotatable bonds is 7. The van der Waals surface area contributed by atoms with Gasteiger partial charge in [0.05, 0.1) is 27.9 Å². The molecule has 1 aliphatic carbocycles. The minimum absolute atomic E-state index is 0.155. The van der Waals surface area contributed by atoms with E-state index in [1.165, 1.54) is 0 Å². The van der Waals surface area contributed by atoms with E-state index in [-0.39, 0.29) is 12.1 Å². The van der Waals surface area contributed by atoms with Gasteiger partial charge in [-0.3, -0.25) is 0 Å². The first-order valence-corrected chi connectivity index (χ1v) is 7.33. The Morgan fingerprint density at radius 2 is 1.71 bits per heavy atom. The molecule has 0 spiro atoms. The molecule has 0 radical (unpaired) electrons. The van der Waals surface area contributed by atoms with Crippen LogP contribution >= 0.6 is 0 Å². The lowest BCUT2D eigenvalue weighted by Gasteiger charge is -2.28. The van der Waals surface area contributed by atoms with Gasteiger partial charge in [0, 0.05) is 17.6 Å². The van der Waals surface area contributed by atoms with Crippen molar-refractivity contribution in [3.05, 3.63) is 17.7 Å². The van der Waals surface area contributed by atoms with Crippen LogP contribution in [0.25, 0.3) is 0 Å². The van der Waals surface area contributed by atoms with E-state index in [0.29, 0.717) is 23.8 Å². The van der Waals surface area contributed by atoms with Gasteiger partial charge in [-0.05, 0) is 18.9 Å². The summed E-state index contributed by atoms with van der Waals surface area (Å²) in [7, 11) is 4.83. The van der Waals surface area contributed by atoms with Crippen molar-refractivity contribution in [2.75, 3.05) is 27.9 Å². The monoisotopic (exact) mass is 295 g/mol. The Balaban J connectivity index is 2.19. The van der Waals surface area contributed by atoms with E-state index in [0.717, 1.165) is 31.2 Å². The molecule has 0 saturated heterocycles. The van der Waals surface area contributed by atoms with Crippen LogP contribution in [0.2, 0.25) is 0 Å². The molecule has 5 heteroatoms. The molecule has 0 bridgehead atoms. The first kappa shape index (κ1) is 15.9. The molecule has 0 unspecified atom stereocenters. The van der Waals surface area contributed by atoms with Crippen molar-refractivity contribution in [1.29, 1.82) is 0 Å². The van der Waals surface area contributed by atoms with Gasteiger partial charge in [0.1, 0.15) is 0 Å². The Morgan fingerprint density at radius 3 is 2.24 bits per heavy atom. The fourth-order valence-corrected chi connectivity index (χ4v) is 3.03. The maximum Gasteiger partial charge on any atom is 0.203 e. The highest BCUT2D eigenvalue weighted by Gasteiger charge is 2.32. The smallest absolute Gasteiger partial charge is 0.203 e. The van der Waals surface area contributed by atoms with Crippen molar-refractivity contribution in [3.63, 3.8) is 0 Å². The summed E-state index contributed by atoms with van der Waals surface area (Å²) in [5, 5.41) is 13.2. The highest BCUT2D eigenvalue weighted by Crippen LogP contribution is 2.40. The number of hydrogen-bond acceptors (Lipinski definition) is 5. The van der Waals surface area contributed by atoms with E-state index >= 15 is 0 Å². The summed E-state index contributed by atoms with van der Waals surface area (Å²) in [5.41, 5.74) is 0.841. The van der Waals surface area contributed by atoms with E-state index < -0.39 is 0 Å². The lowest BCUT2D eigenvalue weighted by Crippen LogP contribution is -2.45. The first-order valence-electron chi connectivity index (χ1n) is 7.33. The van der Waals surface area contributed by atoms with Crippen LogP contribution in [0, 0.1) is 0 Å². The molecule has 1 aromatic rings. The minimum Gasteiger partial charge on any atom is -0.493 e. The molecular weight excluding hydrogens is 270 g/mol. The molecule has 1 aromatic carbocycles. The molecule has 5 nitrogen and oxygen atoms in total. The van der Waals surface area contributed by atoms with Gasteiger partial charge in [-0.2, -0.15) is 0 Å². The highest BCUT2D eigenvalue weighted by molar-refractivity contribution is 5.55. The van der Waals surface area contributed by atoms with Crippen LogP contribution < -0.4 is 19.5 Å². The summed E-state index contributed by atoms with van der Waals surface area (Å²) >= 11 is 0. The molecule has 0 aliphatic heterocycles. The Bertz CT molecular complexity index is 470. The number of nitrogens with one attached hydrogen (secondary N) is 1. The Kier molecular flexibility index (Phi) is 5.31. The van der Waals surface area contributed by atoms with Gasteiger partial charge in [-0.25, -0.2) is 0 Å². The standard InChI is InChI=1S/C16H25NO4/c1-19-13-7-6-12(14(20-2)15(13)21-3)10-17-16(11-18)8-4-5-9-16/h6-7,17-18H,4-5,8-11H2,1-3H3. The first-order chi connectivity index (χ1) is 10.2. The second-order valence-electron chi connectivity index (χ2n) is 5.49. The van der Waals surface area contributed by atoms with E-state index in [2.05, 4.69) is 5.32 Å². The number of aliphatic hydroxyl groups is 1. The zero-order valence-corrected chi connectivity index (χ0v) is 13.1. The summed E-state index contributed by atoms with van der Waals surface area (Å²) in [6, 6.07) is 3.84. The third-order valence-corrected chi connectivity index (χ3v) is 4.30. The van der Waals surface area contributed by atoms with Gasteiger partial charge in [-0.15, -0.1) is 0 Å². The summed E-state index contributed by atoms with van der Waals surface area (Å²) < 4.78 is 16.2. The Hall–Kier alpha value is -1.46. The quantitative estimate of drug-likeness (QED) is 0.807. The van der Waals surface area contributed by atoms with Crippen LogP contribution in [0.3, 0.4) is 0 Å². The fourth-order valence-electron chi connectivity index (χ4n) is 3.03. The molecule has 0 heterocycles. The maximum atomic E-state index is 9.67. The zero-order chi connectivity index (χ0) is 15.3. The summed E-state index contributed by atoms with van der Waals surface area (Å²) in [6.45, 7) is 0.798. The Labute approximate surface area is 126 Å². The van der Waals surface area contributed by atoms with Crippen LogP contribution in [0.5, 0.6) is 17.2 Å². The van der Waals surface area contributed by atoms with Crippen LogP contribution in [0.15, 0.2) is 12.1 Å². The second kappa shape index (κ2) is 7.00. The minimum atomic E-state index is -0.155. The lowest BCUT2D eigenvalue weighted by atomic mass is 9.98. The topological polar surface area (TPSA) is 60.0 Å². The van der Waals surface area contributed by atoms with Crippen LogP contribution in [0.1, 0.15) is 31.2 Å². The van der Waals surface area contributed by atoms with E-state index in [9.17, 15) is 5.11 Å². The zero-order valence-electron chi connectivity index (χ0n) is 13.1. The van der Waals surface area contributed by atoms with E-state index in [1.807, 2.05) is 12.1 Å². The van der Waals surface area contributed by atoms with Crippen molar-refractivity contribution in [2.24, 2.45) is 0 Å². The number of aliphatic hydroxyl groups excluding tert-OH is 1. The van der Waals surface area contributed by atoms with Crippen LogP contribution in [-0.2, 0) is 6.54 Å². The molecule has 0 atom stereocenters. The average molecular weight is 295 g/mol. The molecule has 118 valence electrons. The third kappa shape index (κ3) is 3.24. The number of benzene rings is 1. The van der Waals surface area contributed by atoms with Crippen molar-refractivity contribution in [3.8, 4) is 17.2 Å². The highest BCUT2D eigenvalue weighted by atomic mass is 16.5. The normalized spacial score (nSPS) is 16.8. The number of ether oxygens (including phenoxy) is 3. The largest absolute Gasteiger partial charge is 0.493 e. The molecule has 2 N–H and O–H groups in total. The van der Waals surface area contributed by atoms with Crippen LogP contribution in [-0.4, -0.2) is 38.6 Å². The van der Waals surface area contributed by atoms with E-state index in [4.69, 9.17) is 14.2 Å². The van der Waals surface area contributed by atoms with Crippen molar-refractivity contribution in [2.45, 2.75) is 37.8 Å². The molecule has 0 amide bonds. The summed E-state index contributed by atoms with van der Waals surface area (Å²) in [5.74, 6) is 1.93.